The highest BCUT2D eigenvalue weighted by molar-refractivity contribution is 7.21. The molecule has 35 heavy (non-hydrogen) atoms. The number of nitrogens with zero attached hydrogens (tertiary/aromatic N) is 1. The first-order valence-corrected chi connectivity index (χ1v) is 12.6. The van der Waals surface area contributed by atoms with E-state index < -0.39 is 0 Å². The first-order chi connectivity index (χ1) is 17.1. The predicted octanol–water partition coefficient (Wildman–Crippen LogP) is 8.47. The topological polar surface area (TPSA) is 43.4 Å². The lowest BCUT2D eigenvalue weighted by Gasteiger charge is -2.14. The zero-order chi connectivity index (χ0) is 24.2. The number of methoxy groups -OCH3 is 1. The summed E-state index contributed by atoms with van der Waals surface area (Å²) in [6.45, 7) is 0.890. The van der Waals surface area contributed by atoms with Crippen molar-refractivity contribution in [3.05, 3.63) is 106 Å². The van der Waals surface area contributed by atoms with Crippen molar-refractivity contribution < 1.29 is 9.47 Å². The molecule has 1 aromatic heterocycles. The number of para-hydroxylation sites is 1. The van der Waals surface area contributed by atoms with Crippen LogP contribution in [0.4, 0.5) is 5.69 Å². The van der Waals surface area contributed by atoms with Gasteiger partial charge in [-0.15, -0.1) is 11.3 Å². The van der Waals surface area contributed by atoms with Gasteiger partial charge in [-0.05, 0) is 54.1 Å². The van der Waals surface area contributed by atoms with Crippen LogP contribution in [0.5, 0.6) is 11.5 Å². The molecule has 0 radical (unpaired) electrons. The number of ether oxygens (including phenoxy) is 2. The Morgan fingerprint density at radius 3 is 2.46 bits per heavy atom. The van der Waals surface area contributed by atoms with Crippen molar-refractivity contribution in [3.63, 3.8) is 0 Å². The molecule has 0 atom stereocenters. The highest BCUT2D eigenvalue weighted by atomic mass is 35.5. The Morgan fingerprint density at radius 2 is 1.66 bits per heavy atom. The molecule has 5 aromatic rings. The normalized spacial score (nSPS) is 10.9. The average molecular weight is 521 g/mol. The van der Waals surface area contributed by atoms with Crippen LogP contribution in [-0.2, 0) is 13.2 Å². The first-order valence-electron chi connectivity index (χ1n) is 11.0. The summed E-state index contributed by atoms with van der Waals surface area (Å²) in [5.74, 6) is 1.28. The van der Waals surface area contributed by atoms with E-state index >= 15 is 0 Å². The van der Waals surface area contributed by atoms with Gasteiger partial charge in [0.1, 0.15) is 11.6 Å². The molecule has 176 valence electrons. The fourth-order valence-electron chi connectivity index (χ4n) is 3.72. The number of nitrogens with one attached hydrogen (secondary N) is 1. The van der Waals surface area contributed by atoms with Crippen LogP contribution in [0.15, 0.2) is 84.9 Å². The number of anilines is 1. The Kier molecular flexibility index (Phi) is 7.09. The molecule has 0 aliphatic heterocycles. The molecule has 0 fully saturated rings. The summed E-state index contributed by atoms with van der Waals surface area (Å²) in [7, 11) is 1.63. The highest BCUT2D eigenvalue weighted by Gasteiger charge is 2.11. The highest BCUT2D eigenvalue weighted by Crippen LogP contribution is 2.33. The number of thiazole rings is 1. The number of benzene rings is 4. The molecule has 4 aromatic carbocycles. The second kappa shape index (κ2) is 10.6. The van der Waals surface area contributed by atoms with E-state index in [1.54, 1.807) is 30.6 Å². The Morgan fingerprint density at radius 1 is 0.857 bits per heavy atom. The molecular formula is C28H22Cl2N2O2S. The van der Waals surface area contributed by atoms with E-state index in [-0.39, 0.29) is 6.61 Å². The van der Waals surface area contributed by atoms with Crippen molar-refractivity contribution in [1.29, 1.82) is 0 Å². The Hall–Kier alpha value is -3.25. The van der Waals surface area contributed by atoms with Crippen LogP contribution < -0.4 is 14.8 Å². The van der Waals surface area contributed by atoms with Crippen molar-refractivity contribution in [2.75, 3.05) is 12.4 Å². The van der Waals surface area contributed by atoms with Crippen LogP contribution in [0, 0.1) is 0 Å². The third-order valence-corrected chi connectivity index (χ3v) is 7.36. The minimum Gasteiger partial charge on any atom is -0.493 e. The van der Waals surface area contributed by atoms with E-state index in [1.165, 1.54) is 4.70 Å². The van der Waals surface area contributed by atoms with Gasteiger partial charge in [0.05, 0.1) is 17.3 Å². The molecule has 1 N–H and O–H groups in total. The largest absolute Gasteiger partial charge is 0.493 e. The predicted molar refractivity (Wildman–Crippen MR) is 146 cm³/mol. The molecule has 0 amide bonds. The van der Waals surface area contributed by atoms with Crippen molar-refractivity contribution in [3.8, 4) is 22.1 Å². The molecule has 0 bridgehead atoms. The molecule has 0 saturated carbocycles. The summed E-state index contributed by atoms with van der Waals surface area (Å²) in [4.78, 5) is 4.77. The van der Waals surface area contributed by atoms with Crippen LogP contribution in [0.3, 0.4) is 0 Å². The van der Waals surface area contributed by atoms with Crippen LogP contribution >= 0.6 is 34.5 Å². The van der Waals surface area contributed by atoms with Crippen molar-refractivity contribution in [2.24, 2.45) is 0 Å². The summed E-state index contributed by atoms with van der Waals surface area (Å²) in [6, 6.07) is 27.8. The molecule has 4 nitrogen and oxygen atoms in total. The van der Waals surface area contributed by atoms with Gasteiger partial charge in [-0.25, -0.2) is 4.98 Å². The standard InChI is InChI=1S/C28H22Cl2N2O2S/c1-33-26-14-18(12-13-25(26)34-17-21-22(29)8-5-9-23(21)30)16-31-20-7-4-6-19(15-20)28-32-24-10-2-3-11-27(24)35-28/h2-15,31H,16-17H2,1H3. The summed E-state index contributed by atoms with van der Waals surface area (Å²) < 4.78 is 12.7. The smallest absolute Gasteiger partial charge is 0.161 e. The lowest BCUT2D eigenvalue weighted by Crippen LogP contribution is -2.02. The third kappa shape index (κ3) is 5.38. The van der Waals surface area contributed by atoms with Gasteiger partial charge >= 0.3 is 0 Å². The molecule has 0 aliphatic carbocycles. The minimum absolute atomic E-state index is 0.255. The maximum atomic E-state index is 6.26. The average Bonchev–Trinajstić information content (AvgIpc) is 3.32. The van der Waals surface area contributed by atoms with Gasteiger partial charge in [-0.2, -0.15) is 0 Å². The van der Waals surface area contributed by atoms with E-state index in [0.717, 1.165) is 32.9 Å². The first kappa shape index (κ1) is 23.5. The van der Waals surface area contributed by atoms with Gasteiger partial charge in [0.15, 0.2) is 11.5 Å². The maximum Gasteiger partial charge on any atom is 0.161 e. The van der Waals surface area contributed by atoms with E-state index in [0.29, 0.717) is 28.1 Å². The van der Waals surface area contributed by atoms with Crippen LogP contribution in [-0.4, -0.2) is 12.1 Å². The van der Waals surface area contributed by atoms with Crippen LogP contribution in [0.25, 0.3) is 20.8 Å². The summed E-state index contributed by atoms with van der Waals surface area (Å²) in [6.07, 6.45) is 0. The van der Waals surface area contributed by atoms with Crippen molar-refractivity contribution >= 4 is 50.4 Å². The summed E-state index contributed by atoms with van der Waals surface area (Å²) in [5, 5.41) is 5.65. The van der Waals surface area contributed by atoms with E-state index in [9.17, 15) is 0 Å². The third-order valence-electron chi connectivity index (χ3n) is 5.56. The number of halogens is 2. The van der Waals surface area contributed by atoms with Crippen molar-refractivity contribution in [1.82, 2.24) is 4.98 Å². The molecular weight excluding hydrogens is 499 g/mol. The van der Waals surface area contributed by atoms with Gasteiger partial charge in [0.25, 0.3) is 0 Å². The van der Waals surface area contributed by atoms with E-state index in [1.807, 2.05) is 48.5 Å². The Bertz CT molecular complexity index is 1430. The van der Waals surface area contributed by atoms with E-state index in [4.69, 9.17) is 37.7 Å². The minimum atomic E-state index is 0.255. The van der Waals surface area contributed by atoms with Gasteiger partial charge in [0.2, 0.25) is 0 Å². The molecule has 7 heteroatoms. The van der Waals surface area contributed by atoms with Gasteiger partial charge < -0.3 is 14.8 Å². The number of fused-ring (bicyclic) bond motifs is 1. The summed E-state index contributed by atoms with van der Waals surface area (Å²) >= 11 is 14.2. The lowest BCUT2D eigenvalue weighted by molar-refractivity contribution is 0.284. The molecule has 0 saturated heterocycles. The molecule has 0 unspecified atom stereocenters. The molecule has 5 rings (SSSR count). The van der Waals surface area contributed by atoms with Gasteiger partial charge in [-0.1, -0.05) is 59.6 Å². The number of hydrogen-bond acceptors (Lipinski definition) is 5. The Balaban J connectivity index is 1.27. The summed E-state index contributed by atoms with van der Waals surface area (Å²) in [5.41, 5.74) is 4.95. The van der Waals surface area contributed by atoms with Crippen LogP contribution in [0.1, 0.15) is 11.1 Å². The zero-order valence-corrected chi connectivity index (χ0v) is 21.3. The fraction of sp³-hybridized carbons (Fsp3) is 0.107. The quantitative estimate of drug-likeness (QED) is 0.222. The molecule has 1 heterocycles. The second-order valence-corrected chi connectivity index (χ2v) is 9.74. The van der Waals surface area contributed by atoms with E-state index in [2.05, 4.69) is 29.6 Å². The van der Waals surface area contributed by atoms with Crippen molar-refractivity contribution in [2.45, 2.75) is 13.2 Å². The van der Waals surface area contributed by atoms with Gasteiger partial charge in [-0.3, -0.25) is 0 Å². The second-order valence-electron chi connectivity index (χ2n) is 7.90. The van der Waals surface area contributed by atoms with Gasteiger partial charge in [0, 0.05) is 33.4 Å². The monoisotopic (exact) mass is 520 g/mol. The number of hydrogen-bond donors (Lipinski definition) is 1. The van der Waals surface area contributed by atoms with Crippen LogP contribution in [0.2, 0.25) is 10.0 Å². The zero-order valence-electron chi connectivity index (χ0n) is 18.9. The molecule has 0 spiro atoms. The SMILES string of the molecule is COc1cc(CNc2cccc(-c3nc4ccccc4s3)c2)ccc1OCc1c(Cl)cccc1Cl. The number of rotatable bonds is 8. The Labute approximate surface area is 218 Å². The maximum absolute atomic E-state index is 6.26. The number of aromatic nitrogens is 1. The lowest BCUT2D eigenvalue weighted by atomic mass is 10.1. The fourth-order valence-corrected chi connectivity index (χ4v) is 5.19. The molecule has 0 aliphatic rings.